The van der Waals surface area contributed by atoms with Crippen molar-refractivity contribution in [3.63, 3.8) is 0 Å². The van der Waals surface area contributed by atoms with Crippen LogP contribution in [0.4, 0.5) is 0 Å². The molecular weight excluding hydrogens is 509 g/mol. The number of hydrogen-bond donors (Lipinski definition) is 1. The average molecular weight is 529 g/mol. The van der Waals surface area contributed by atoms with Crippen molar-refractivity contribution in [3.8, 4) is 0 Å². The molecule has 2 unspecified atom stereocenters. The van der Waals surface area contributed by atoms with Gasteiger partial charge in [-0.15, -0.1) is 18.2 Å². The molecule has 0 bridgehead atoms. The zero-order valence-corrected chi connectivity index (χ0v) is 17.3. The van der Waals surface area contributed by atoms with Crippen molar-refractivity contribution < 1.29 is 64.1 Å². The Hall–Kier alpha value is 0.246. The number of nitrogens with zero attached hydrogens (tertiary/aromatic N) is 1. The molecule has 0 aromatic rings. The molecule has 0 saturated carbocycles. The van der Waals surface area contributed by atoms with E-state index in [1.165, 1.54) is 6.92 Å². The summed E-state index contributed by atoms with van der Waals surface area (Å²) < 4.78 is 0. The number of carbonyl (C=O) groups excluding carboxylic acids is 2. The van der Waals surface area contributed by atoms with E-state index in [-0.39, 0.29) is 87.2 Å². The second kappa shape index (κ2) is 12.0. The predicted octanol–water partition coefficient (Wildman–Crippen LogP) is 1.49. The predicted molar refractivity (Wildman–Crippen MR) is 65.9 cm³/mol. The number of carbonyl (C=O) groups is 2. The molecule has 1 amide bonds. The number of oxime groups is 1. The maximum absolute atomic E-state index is 11.6. The normalized spacial score (nSPS) is 15.4. The zero-order valence-electron chi connectivity index (χ0n) is 11.8. The van der Waals surface area contributed by atoms with Crippen LogP contribution in [0.5, 0.6) is 0 Å². The molecule has 0 fully saturated rings. The van der Waals surface area contributed by atoms with Gasteiger partial charge in [-0.05, 0) is 13.8 Å². The largest absolute Gasteiger partial charge is 0.567 e. The van der Waals surface area contributed by atoms with Crippen LogP contribution < -0.4 is 5.32 Å². The number of nitrogens with one attached hydrogen (secondary N) is 1. The standard InChI is InChI=1S/C11H17N2O3.CH3.U.V/c1-7(9(3)14)8(2)12-11(15)6-10-4-5-16-13-10;;;/h5,7-8H,4,6H2,1-3H3,(H,12,15);1H3;;/q2*-1;;. The van der Waals surface area contributed by atoms with E-state index >= 15 is 0 Å². The summed E-state index contributed by atoms with van der Waals surface area (Å²) in [5.74, 6) is -0.224. The zero-order chi connectivity index (χ0) is 12.1. The third-order valence-corrected chi connectivity index (χ3v) is 2.72. The first kappa shape index (κ1) is 24.3. The Bertz CT molecular complexity index is 324. The first-order valence-corrected chi connectivity index (χ1v) is 5.33. The summed E-state index contributed by atoms with van der Waals surface area (Å²) in [6, 6.07) is -0.156. The van der Waals surface area contributed by atoms with Gasteiger partial charge < -0.3 is 17.6 Å². The second-order valence-electron chi connectivity index (χ2n) is 4.07. The van der Waals surface area contributed by atoms with Crippen LogP contribution in [0.1, 0.15) is 33.6 Å². The minimum absolute atomic E-state index is 0. The number of amides is 1. The molecule has 1 radical (unpaired) electrons. The van der Waals surface area contributed by atoms with Gasteiger partial charge in [0.2, 0.25) is 5.91 Å². The van der Waals surface area contributed by atoms with E-state index in [0.29, 0.717) is 12.1 Å². The van der Waals surface area contributed by atoms with Crippen molar-refractivity contribution in [1.29, 1.82) is 0 Å². The van der Waals surface area contributed by atoms with Crippen LogP contribution in [0.25, 0.3) is 0 Å². The quantitative estimate of drug-likeness (QED) is 0.550. The molecular formula is C12H20N2O3UV-2. The fraction of sp³-hybridized carbons (Fsp3) is 0.583. The molecule has 107 valence electrons. The molecule has 0 aromatic carbocycles. The van der Waals surface area contributed by atoms with Crippen molar-refractivity contribution in [2.24, 2.45) is 11.1 Å². The van der Waals surface area contributed by atoms with Gasteiger partial charge in [-0.1, -0.05) is 6.92 Å². The first-order valence-electron chi connectivity index (χ1n) is 5.33. The van der Waals surface area contributed by atoms with Crippen LogP contribution >= 0.6 is 0 Å². The Kier molecular flexibility index (Phi) is 15.4. The molecule has 1 aliphatic heterocycles. The molecule has 0 aromatic heterocycles. The second-order valence-corrected chi connectivity index (χ2v) is 4.07. The summed E-state index contributed by atoms with van der Waals surface area (Å²) in [6.45, 7) is 6.70. The van der Waals surface area contributed by atoms with Gasteiger partial charge in [0, 0.05) is 67.3 Å². The summed E-state index contributed by atoms with van der Waals surface area (Å²) in [5.41, 5.74) is 0.708. The topological polar surface area (TPSA) is 67.8 Å². The van der Waals surface area contributed by atoms with Crippen molar-refractivity contribution in [2.75, 3.05) is 0 Å². The molecule has 0 spiro atoms. The van der Waals surface area contributed by atoms with Crippen molar-refractivity contribution >= 4 is 17.4 Å². The maximum atomic E-state index is 11.6. The van der Waals surface area contributed by atoms with Gasteiger partial charge in [0.1, 0.15) is 5.78 Å². The van der Waals surface area contributed by atoms with E-state index in [4.69, 9.17) is 0 Å². The van der Waals surface area contributed by atoms with E-state index in [0.717, 1.165) is 0 Å². The van der Waals surface area contributed by atoms with E-state index in [1.54, 1.807) is 13.5 Å². The summed E-state index contributed by atoms with van der Waals surface area (Å²) >= 11 is 0. The Balaban J connectivity index is -0.000000853. The molecule has 1 heterocycles. The Morgan fingerprint density at radius 1 is 1.47 bits per heavy atom. The summed E-state index contributed by atoms with van der Waals surface area (Å²) in [6.07, 6.45) is 0.815. The van der Waals surface area contributed by atoms with E-state index in [9.17, 15) is 9.59 Å². The molecule has 1 aliphatic rings. The van der Waals surface area contributed by atoms with Gasteiger partial charge in [-0.25, -0.2) is 0 Å². The summed E-state index contributed by atoms with van der Waals surface area (Å²) in [5, 5.41) is 6.47. The molecule has 5 nitrogen and oxygen atoms in total. The monoisotopic (exact) mass is 529 g/mol. The minimum Gasteiger partial charge on any atom is -0.567 e. The third-order valence-electron chi connectivity index (χ3n) is 2.72. The van der Waals surface area contributed by atoms with Crippen LogP contribution in [0, 0.1) is 51.1 Å². The van der Waals surface area contributed by atoms with Crippen molar-refractivity contribution in [1.82, 2.24) is 5.32 Å². The van der Waals surface area contributed by atoms with Crippen LogP contribution in [-0.4, -0.2) is 23.4 Å². The molecule has 2 atom stereocenters. The molecule has 1 N–H and O–H groups in total. The minimum atomic E-state index is -0.169. The van der Waals surface area contributed by atoms with Gasteiger partial charge in [0.05, 0.1) is 6.42 Å². The van der Waals surface area contributed by atoms with Crippen LogP contribution in [-0.2, 0) is 33.0 Å². The van der Waals surface area contributed by atoms with Crippen molar-refractivity contribution in [3.05, 3.63) is 14.0 Å². The first-order chi connectivity index (χ1) is 7.50. The van der Waals surface area contributed by atoms with Gasteiger partial charge in [0.25, 0.3) is 0 Å². The fourth-order valence-electron chi connectivity index (χ4n) is 1.35. The van der Waals surface area contributed by atoms with Crippen LogP contribution in [0.2, 0.25) is 0 Å². The molecule has 1 rings (SSSR count). The SMILES string of the molecule is CC(=O)C(C)C(C)NC(=O)CC1=NO[CH-]C1.[CH3-].[U].[V]. The van der Waals surface area contributed by atoms with Gasteiger partial charge >= 0.3 is 0 Å². The Labute approximate surface area is 150 Å². The number of ketones is 1. The average Bonchev–Trinajstić information content (AvgIpc) is 2.68. The number of hydrogen-bond acceptors (Lipinski definition) is 4. The van der Waals surface area contributed by atoms with Gasteiger partial charge in [-0.3, -0.25) is 9.59 Å². The molecule has 0 aliphatic carbocycles. The molecule has 0 saturated heterocycles. The smallest absolute Gasteiger partial charge is 0.225 e. The fourth-order valence-corrected chi connectivity index (χ4v) is 1.35. The molecule has 19 heavy (non-hydrogen) atoms. The van der Waals surface area contributed by atoms with Crippen LogP contribution in [0.15, 0.2) is 5.16 Å². The van der Waals surface area contributed by atoms with Crippen LogP contribution in [0.3, 0.4) is 0 Å². The summed E-state index contributed by atoms with van der Waals surface area (Å²) in [4.78, 5) is 27.4. The number of Topliss-reactive ketones (excluding diaryl/α,β-unsaturated/α-hetero) is 1. The Morgan fingerprint density at radius 3 is 2.47 bits per heavy atom. The third kappa shape index (κ3) is 8.91. The Morgan fingerprint density at radius 2 is 2.05 bits per heavy atom. The van der Waals surface area contributed by atoms with E-state index in [2.05, 4.69) is 15.3 Å². The number of rotatable bonds is 5. The van der Waals surface area contributed by atoms with Gasteiger partial charge in [0.15, 0.2) is 0 Å². The summed E-state index contributed by atoms with van der Waals surface area (Å²) in [7, 11) is 0. The van der Waals surface area contributed by atoms with E-state index in [1.807, 2.05) is 6.92 Å². The maximum Gasteiger partial charge on any atom is 0.225 e. The van der Waals surface area contributed by atoms with Gasteiger partial charge in [-0.2, -0.15) is 0 Å². The van der Waals surface area contributed by atoms with E-state index < -0.39 is 0 Å². The molecule has 7 heteroatoms. The van der Waals surface area contributed by atoms with Crippen molar-refractivity contribution in [2.45, 2.75) is 39.7 Å².